The van der Waals surface area contributed by atoms with Gasteiger partial charge in [0.05, 0.1) is 66.1 Å². The Balaban J connectivity index is 0.000000130. The summed E-state index contributed by atoms with van der Waals surface area (Å²) >= 11 is 12.4. The number of aliphatic carboxylic acids is 3. The third kappa shape index (κ3) is 16.0. The van der Waals surface area contributed by atoms with Crippen LogP contribution >= 0.6 is 23.2 Å². The van der Waals surface area contributed by atoms with Crippen LogP contribution in [0.4, 0.5) is 34.1 Å². The van der Waals surface area contributed by atoms with Crippen LogP contribution in [0.15, 0.2) is 150 Å². The summed E-state index contributed by atoms with van der Waals surface area (Å²) in [7, 11) is -9.17. The number of nitrogens with zero attached hydrogens (tertiary/aromatic N) is 6. The standard InChI is InChI=1S/C35H43N3O2Si.C28H36N2O2Si.C19H23NO2Si.C18H17Cl2NO3Si/c1-21-19-34(3,4)37-14-8-11-23-30(37)25(21)17-27-32(23)41(7,16-10-13-29(39)40)33-24-12-9-15-38-31(24)26(18-28(33)36-27)22(2)20-35(38,5)6;1-19(2)33(14-8-12-28(31)32)26-17-21-10-5-3-4-9-20(21)15-24(26)30-25-16-22-11-6-7-13-29-23(22)18-27(25)33;1-4-5-10-23(13(2)3)18-11-14(21)6-8-16(18)20-17-9-7-15(22)12-19(17)23;1-10-5-6-12-14(8-10)25(2,7-3-4-15(22)23)18-13(21-12)9-11(19)17(24)16(18)20/h17-20H,8-16H2,1-7H3;10,15-19,29H,3-9,11-14H2,1-2H3,(H,31,32);6-9,11-13,21H,4-5,10H2,1-3H3;5-6,8-9H,3-4,7H2,1-2H3,(H,22,23)/p+1. The van der Waals surface area contributed by atoms with E-state index in [9.17, 15) is 39.3 Å². The van der Waals surface area contributed by atoms with Gasteiger partial charge in [-0.1, -0.05) is 120 Å². The fourth-order valence-electron chi connectivity index (χ4n) is 22.9. The van der Waals surface area contributed by atoms with E-state index in [1.54, 1.807) is 24.3 Å². The summed E-state index contributed by atoms with van der Waals surface area (Å²) in [6, 6.07) is 29.6. The van der Waals surface area contributed by atoms with Crippen LogP contribution in [0.2, 0.25) is 48.4 Å². The number of phenols is 1. The second-order valence-corrected chi connectivity index (χ2v) is 56.7. The van der Waals surface area contributed by atoms with E-state index in [1.165, 1.54) is 118 Å². The number of nitrogens with one attached hydrogen (secondary N) is 1. The molecule has 3 aliphatic carbocycles. The summed E-state index contributed by atoms with van der Waals surface area (Å²) in [5, 5.41) is 57.2. The van der Waals surface area contributed by atoms with Crippen LogP contribution < -0.4 is 67.2 Å². The van der Waals surface area contributed by atoms with E-state index in [0.717, 1.165) is 162 Å². The van der Waals surface area contributed by atoms with Crippen LogP contribution in [0.5, 0.6) is 5.75 Å². The van der Waals surface area contributed by atoms with Gasteiger partial charge in [0.2, 0.25) is 11.1 Å². The highest BCUT2D eigenvalue weighted by Gasteiger charge is 2.52. The molecule has 0 saturated heterocycles. The summed E-state index contributed by atoms with van der Waals surface area (Å²) in [5.74, 6) is -2.25. The first-order chi connectivity index (χ1) is 58.0. The number of rotatable bonds is 17. The van der Waals surface area contributed by atoms with Gasteiger partial charge in [-0.15, -0.1) is 0 Å². The van der Waals surface area contributed by atoms with Crippen molar-refractivity contribution in [1.82, 2.24) is 4.58 Å². The summed E-state index contributed by atoms with van der Waals surface area (Å²) < 4.78 is 2.64. The van der Waals surface area contributed by atoms with Crippen LogP contribution in [0.1, 0.15) is 211 Å². The highest BCUT2D eigenvalue weighted by molar-refractivity contribution is 7.05. The van der Waals surface area contributed by atoms with Gasteiger partial charge in [0.1, 0.15) is 44.6 Å². The third-order valence-electron chi connectivity index (χ3n) is 28.6. The Bertz CT molecular complexity index is 5990. The summed E-state index contributed by atoms with van der Waals surface area (Å²) in [4.78, 5) is 81.4. The lowest BCUT2D eigenvalue weighted by Crippen LogP contribution is -2.68. The minimum Gasteiger partial charge on any atom is -0.508 e. The van der Waals surface area contributed by atoms with Crippen molar-refractivity contribution >= 4 is 179 Å². The lowest BCUT2D eigenvalue weighted by atomic mass is 9.83. The average molecular weight is 1750 g/mol. The van der Waals surface area contributed by atoms with Gasteiger partial charge in [0.15, 0.2) is 11.3 Å². The summed E-state index contributed by atoms with van der Waals surface area (Å²) in [6.45, 7) is 35.2. The molecule has 9 heterocycles. The molecule has 12 aliphatic rings. The molecule has 18 rings (SSSR count). The number of unbranched alkanes of at least 4 members (excludes halogenated alkanes) is 1. The molecule has 6 aromatic rings. The Morgan fingerprint density at radius 3 is 1.97 bits per heavy atom. The number of carbonyl (C=O) groups is 5. The van der Waals surface area contributed by atoms with Gasteiger partial charge in [-0.25, -0.2) is 24.5 Å². The molecular weight excluding hydrogens is 1630 g/mol. The van der Waals surface area contributed by atoms with Crippen molar-refractivity contribution < 1.29 is 44.4 Å². The van der Waals surface area contributed by atoms with E-state index in [0.29, 0.717) is 35.7 Å². The lowest BCUT2D eigenvalue weighted by molar-refractivity contribution is -0.138. The molecule has 0 radical (unpaired) electrons. The fourth-order valence-corrected chi connectivity index (χ4v) is 43.9. The molecule has 0 aromatic heterocycles. The first-order valence-corrected chi connectivity index (χ1v) is 55.5. The number of phenolic OH excluding ortho intramolecular Hbond substituents is 1. The SMILES string of the molecule is CC(C)[Si]1(CCCC(=O)O)c2cc3c(cc2N=c2cc4c(cc21)=CCCCC4)CCCCN3.CC1=CC(C)(C)N2CCCc3c2c1cc1c3[Si](C)(CCCC(=O)O)c2c3c4c(cc2=N1)C(C)=CC(C)(C)[N+]=4CCC3.CCCC[Si]1(C(C)C)C2=CC(=O)C=CC2=Nc2ccc(O)cc21.Cc1ccc2c(c1)[Si](C)(CCCC(=O)O)C1=C(Cl)C(=O)C(Cl)=CC1=N2. The molecule has 0 fully saturated rings. The molecule has 22 heteroatoms. The molecule has 122 heavy (non-hydrogen) atoms. The zero-order chi connectivity index (χ0) is 87.0. The van der Waals surface area contributed by atoms with Crippen molar-refractivity contribution in [3.8, 4) is 5.75 Å². The molecule has 0 bridgehead atoms. The Morgan fingerprint density at radius 1 is 0.598 bits per heavy atom. The number of aromatic hydroxyl groups is 1. The van der Waals surface area contributed by atoms with Gasteiger partial charge in [-0.05, 0) is 313 Å². The molecule has 638 valence electrons. The second kappa shape index (κ2) is 34.5. The number of halogens is 2. The quantitative estimate of drug-likeness (QED) is 0.0327. The van der Waals surface area contributed by atoms with E-state index >= 15 is 0 Å². The van der Waals surface area contributed by atoms with Gasteiger partial charge in [0.25, 0.3) is 0 Å². The Labute approximate surface area is 732 Å². The van der Waals surface area contributed by atoms with Gasteiger partial charge in [-0.3, -0.25) is 24.0 Å². The predicted octanol–water partition coefficient (Wildman–Crippen LogP) is 16.6. The van der Waals surface area contributed by atoms with E-state index < -0.39 is 50.2 Å². The minimum atomic E-state index is -2.42. The van der Waals surface area contributed by atoms with Crippen molar-refractivity contribution in [3.05, 3.63) is 190 Å². The second-order valence-electron chi connectivity index (χ2n) is 38.2. The van der Waals surface area contributed by atoms with Crippen LogP contribution in [0.3, 0.4) is 0 Å². The third-order valence-corrected chi connectivity index (χ3v) is 50.3. The number of carboxylic acid groups (broad SMARTS) is 3. The average Bonchev–Trinajstić information content (AvgIpc) is 0.710. The molecule has 4 atom stereocenters. The first-order valence-electron chi connectivity index (χ1n) is 44.8. The van der Waals surface area contributed by atoms with E-state index in [2.05, 4.69) is 170 Å². The molecule has 0 spiro atoms. The first kappa shape index (κ1) is 87.9. The van der Waals surface area contributed by atoms with Crippen molar-refractivity contribution in [2.75, 3.05) is 29.9 Å². The van der Waals surface area contributed by atoms with Crippen molar-refractivity contribution in [3.63, 3.8) is 0 Å². The maximum atomic E-state index is 12.3. The van der Waals surface area contributed by atoms with Crippen molar-refractivity contribution in [1.29, 1.82) is 0 Å². The van der Waals surface area contributed by atoms with E-state index in [4.69, 9.17) is 43.3 Å². The number of hydrogen-bond acceptors (Lipinski definition) is 12. The van der Waals surface area contributed by atoms with Crippen molar-refractivity contribution in [2.45, 2.75) is 265 Å². The zero-order valence-corrected chi connectivity index (χ0v) is 79.3. The Morgan fingerprint density at radius 2 is 1.25 bits per heavy atom. The number of benzene rings is 6. The van der Waals surface area contributed by atoms with Gasteiger partial charge >= 0.3 is 17.9 Å². The fraction of sp³-hybridized carbons (Fsp3) is 0.440. The molecule has 6 aromatic carbocycles. The number of carboxylic acids is 3. The molecule has 9 aliphatic heterocycles. The van der Waals surface area contributed by atoms with Crippen LogP contribution in [-0.4, -0.2) is 124 Å². The van der Waals surface area contributed by atoms with Gasteiger partial charge < -0.3 is 30.6 Å². The molecule has 5 N–H and O–H groups in total. The van der Waals surface area contributed by atoms with Gasteiger partial charge in [0, 0.05) is 75.1 Å². The number of carbonyl (C=O) groups excluding carboxylic acids is 2. The molecule has 0 saturated carbocycles. The molecule has 16 nitrogen and oxygen atoms in total. The number of ketones is 2. The van der Waals surface area contributed by atoms with Crippen molar-refractivity contribution in [2.24, 2.45) is 20.0 Å². The Hall–Kier alpha value is -9.03. The molecular formula is C100H120Cl2N7O9Si4+. The van der Waals surface area contributed by atoms with E-state index in [-0.39, 0.29) is 57.7 Å². The predicted molar refractivity (Wildman–Crippen MR) is 511 cm³/mol. The summed E-state index contributed by atoms with van der Waals surface area (Å²) in [5.41, 5.74) is 21.6. The number of hydrogen-bond donors (Lipinski definition) is 5. The number of aliphatic imine (C=N–C) groups is 2. The zero-order valence-electron chi connectivity index (χ0n) is 73.8. The highest BCUT2D eigenvalue weighted by atomic mass is 35.5. The largest absolute Gasteiger partial charge is 0.508 e. The Kier molecular flexibility index (Phi) is 24.8. The number of anilines is 2. The normalized spacial score (nSPS) is 22.7. The number of Topliss-reactive ketones (excluding diaryl/α,β-unsaturated/α-hetero) is 1. The van der Waals surface area contributed by atoms with Gasteiger partial charge in [-0.2, -0.15) is 0 Å². The number of aryl methyl sites for hydroxylation is 3. The maximum Gasteiger partial charge on any atom is 0.303 e. The summed E-state index contributed by atoms with van der Waals surface area (Å²) in [6.07, 6.45) is 31.7. The topological polar surface area (TPSA) is 234 Å². The smallest absolute Gasteiger partial charge is 0.303 e. The number of allylic oxidation sites excluding steroid dienone is 10. The maximum absolute atomic E-state index is 12.3. The van der Waals surface area contributed by atoms with E-state index in [1.807, 2.05) is 37.3 Å². The monoisotopic (exact) mass is 1740 g/mol. The van der Waals surface area contributed by atoms with Crippen LogP contribution in [0.25, 0.3) is 17.2 Å². The molecule has 0 amide bonds. The number of fused-ring (bicyclic) bond motifs is 12. The van der Waals surface area contributed by atoms with Crippen LogP contribution in [0, 0.1) is 6.92 Å². The highest BCUT2D eigenvalue weighted by Crippen LogP contribution is 2.49. The molecule has 4 unspecified atom stereocenters. The minimum absolute atomic E-state index is 0.0213. The lowest BCUT2D eigenvalue weighted by Gasteiger charge is -2.49. The van der Waals surface area contributed by atoms with Crippen LogP contribution in [-0.2, 0) is 49.7 Å².